The standard InChI is InChI=1S/C17H21N3O2/c21-17(15-6-3-9-22-15)20-8-2-5-13(11-20)14-10-12-4-1-7-18-16(12)19-14/h1,4,7,10,13,15H,2-3,5-6,8-9,11H2,(H,18,19)/t13-,15+/m0/s1. The van der Waals surface area contributed by atoms with Gasteiger partial charge in [0.15, 0.2) is 0 Å². The molecule has 0 spiro atoms. The number of likely N-dealkylation sites (tertiary alicyclic amines) is 1. The number of carbonyl (C=O) groups excluding carboxylic acids is 1. The molecule has 2 aliphatic heterocycles. The number of pyridine rings is 1. The number of carbonyl (C=O) groups is 1. The molecule has 1 amide bonds. The second kappa shape index (κ2) is 5.72. The predicted octanol–water partition coefficient (Wildman–Crippen LogP) is 2.45. The van der Waals surface area contributed by atoms with Crippen molar-refractivity contribution in [3.63, 3.8) is 0 Å². The van der Waals surface area contributed by atoms with Crippen LogP contribution in [0, 0.1) is 0 Å². The lowest BCUT2D eigenvalue weighted by Gasteiger charge is -2.33. The number of amides is 1. The smallest absolute Gasteiger partial charge is 0.251 e. The van der Waals surface area contributed by atoms with Crippen molar-refractivity contribution in [1.82, 2.24) is 14.9 Å². The monoisotopic (exact) mass is 299 g/mol. The number of H-pyrrole nitrogens is 1. The van der Waals surface area contributed by atoms with Crippen molar-refractivity contribution in [1.29, 1.82) is 0 Å². The van der Waals surface area contributed by atoms with E-state index in [1.54, 1.807) is 6.20 Å². The van der Waals surface area contributed by atoms with Crippen molar-refractivity contribution in [3.05, 3.63) is 30.1 Å². The van der Waals surface area contributed by atoms with Gasteiger partial charge in [-0.15, -0.1) is 0 Å². The molecule has 0 aliphatic carbocycles. The molecule has 4 rings (SSSR count). The predicted molar refractivity (Wildman–Crippen MR) is 83.6 cm³/mol. The Morgan fingerprint density at radius 2 is 2.32 bits per heavy atom. The Morgan fingerprint density at radius 1 is 1.36 bits per heavy atom. The average Bonchev–Trinajstić information content (AvgIpc) is 3.23. The topological polar surface area (TPSA) is 58.2 Å². The summed E-state index contributed by atoms with van der Waals surface area (Å²) in [5.74, 6) is 0.546. The van der Waals surface area contributed by atoms with Gasteiger partial charge in [0.1, 0.15) is 11.8 Å². The van der Waals surface area contributed by atoms with Crippen LogP contribution in [0.25, 0.3) is 11.0 Å². The van der Waals surface area contributed by atoms with Crippen LogP contribution in [0.5, 0.6) is 0 Å². The van der Waals surface area contributed by atoms with Crippen LogP contribution in [0.1, 0.15) is 37.3 Å². The van der Waals surface area contributed by atoms with Crippen LogP contribution in [0.15, 0.2) is 24.4 Å². The van der Waals surface area contributed by atoms with E-state index in [-0.39, 0.29) is 12.0 Å². The number of hydrogen-bond acceptors (Lipinski definition) is 3. The molecule has 2 saturated heterocycles. The van der Waals surface area contributed by atoms with Gasteiger partial charge in [0, 0.05) is 42.9 Å². The number of ether oxygens (including phenoxy) is 1. The SMILES string of the molecule is O=C([C@H]1CCCO1)N1CCC[C@H](c2cc3cccnc3[nH]2)C1. The lowest BCUT2D eigenvalue weighted by atomic mass is 9.94. The molecule has 0 unspecified atom stereocenters. The third-order valence-corrected chi connectivity index (χ3v) is 4.79. The molecule has 4 heterocycles. The van der Waals surface area contributed by atoms with E-state index in [4.69, 9.17) is 4.74 Å². The Bertz CT molecular complexity index is 642. The molecule has 1 N–H and O–H groups in total. The summed E-state index contributed by atoms with van der Waals surface area (Å²) in [6, 6.07) is 6.20. The molecule has 5 nitrogen and oxygen atoms in total. The summed E-state index contributed by atoms with van der Waals surface area (Å²) in [6.45, 7) is 2.36. The van der Waals surface area contributed by atoms with Gasteiger partial charge in [-0.25, -0.2) is 4.98 Å². The highest BCUT2D eigenvalue weighted by Crippen LogP contribution is 2.29. The molecule has 5 heteroatoms. The zero-order valence-electron chi connectivity index (χ0n) is 12.6. The molecular formula is C17H21N3O2. The van der Waals surface area contributed by atoms with Gasteiger partial charge < -0.3 is 14.6 Å². The van der Waals surface area contributed by atoms with Gasteiger partial charge in [0.05, 0.1) is 0 Å². The first-order valence-corrected chi connectivity index (χ1v) is 8.15. The highest BCUT2D eigenvalue weighted by Gasteiger charge is 2.32. The van der Waals surface area contributed by atoms with E-state index < -0.39 is 0 Å². The maximum Gasteiger partial charge on any atom is 0.251 e. The molecule has 0 saturated carbocycles. The second-order valence-electron chi connectivity index (χ2n) is 6.29. The summed E-state index contributed by atoms with van der Waals surface area (Å²) in [6.07, 6.45) is 5.63. The summed E-state index contributed by atoms with van der Waals surface area (Å²) < 4.78 is 5.55. The Hall–Kier alpha value is -1.88. The number of nitrogens with one attached hydrogen (secondary N) is 1. The molecular weight excluding hydrogens is 278 g/mol. The second-order valence-corrected chi connectivity index (χ2v) is 6.29. The minimum atomic E-state index is -0.205. The molecule has 2 fully saturated rings. The van der Waals surface area contributed by atoms with Gasteiger partial charge in [0.2, 0.25) is 0 Å². The molecule has 0 radical (unpaired) electrons. The van der Waals surface area contributed by atoms with Crippen LogP contribution in [0.4, 0.5) is 0 Å². The van der Waals surface area contributed by atoms with Gasteiger partial charge in [-0.2, -0.15) is 0 Å². The maximum absolute atomic E-state index is 12.5. The Balaban J connectivity index is 1.51. The fourth-order valence-electron chi connectivity index (χ4n) is 3.61. The van der Waals surface area contributed by atoms with E-state index in [0.717, 1.165) is 56.4 Å². The number of aromatic amines is 1. The molecule has 0 aromatic carbocycles. The summed E-state index contributed by atoms with van der Waals surface area (Å²) >= 11 is 0. The molecule has 116 valence electrons. The largest absolute Gasteiger partial charge is 0.368 e. The highest BCUT2D eigenvalue weighted by molar-refractivity contribution is 5.81. The first-order valence-electron chi connectivity index (χ1n) is 8.15. The molecule has 0 bridgehead atoms. The third kappa shape index (κ3) is 2.50. The molecule has 2 aromatic heterocycles. The van der Waals surface area contributed by atoms with E-state index in [0.29, 0.717) is 5.92 Å². The van der Waals surface area contributed by atoms with Gasteiger partial charge in [0.25, 0.3) is 5.91 Å². The molecule has 2 aromatic rings. The van der Waals surface area contributed by atoms with E-state index in [1.165, 1.54) is 5.69 Å². The number of hydrogen-bond donors (Lipinski definition) is 1. The summed E-state index contributed by atoms with van der Waals surface area (Å²) in [7, 11) is 0. The minimum Gasteiger partial charge on any atom is -0.368 e. The van der Waals surface area contributed by atoms with Crippen molar-refractivity contribution >= 4 is 16.9 Å². The number of fused-ring (bicyclic) bond motifs is 1. The quantitative estimate of drug-likeness (QED) is 0.926. The van der Waals surface area contributed by atoms with Gasteiger partial charge in [-0.1, -0.05) is 0 Å². The first-order chi connectivity index (χ1) is 10.8. The average molecular weight is 299 g/mol. The van der Waals surface area contributed by atoms with Crippen molar-refractivity contribution in [2.45, 2.75) is 37.7 Å². The fraction of sp³-hybridized carbons (Fsp3) is 0.529. The lowest BCUT2D eigenvalue weighted by molar-refractivity contribution is -0.142. The number of rotatable bonds is 2. The molecule has 22 heavy (non-hydrogen) atoms. The van der Waals surface area contributed by atoms with Crippen LogP contribution in [0.2, 0.25) is 0 Å². The zero-order valence-corrected chi connectivity index (χ0v) is 12.6. The van der Waals surface area contributed by atoms with Gasteiger partial charge in [-0.3, -0.25) is 4.79 Å². The first kappa shape index (κ1) is 13.8. The third-order valence-electron chi connectivity index (χ3n) is 4.79. The van der Waals surface area contributed by atoms with Crippen molar-refractivity contribution in [2.75, 3.05) is 19.7 Å². The fourth-order valence-corrected chi connectivity index (χ4v) is 3.61. The number of piperidine rings is 1. The van der Waals surface area contributed by atoms with E-state index >= 15 is 0 Å². The van der Waals surface area contributed by atoms with Crippen LogP contribution in [-0.4, -0.2) is 46.6 Å². The number of aromatic nitrogens is 2. The summed E-state index contributed by atoms with van der Waals surface area (Å²) in [5, 5.41) is 1.14. The van der Waals surface area contributed by atoms with Gasteiger partial charge >= 0.3 is 0 Å². The van der Waals surface area contributed by atoms with Gasteiger partial charge in [-0.05, 0) is 43.9 Å². The van der Waals surface area contributed by atoms with Crippen molar-refractivity contribution in [3.8, 4) is 0 Å². The Labute approximate surface area is 129 Å². The minimum absolute atomic E-state index is 0.177. The van der Waals surface area contributed by atoms with Crippen molar-refractivity contribution < 1.29 is 9.53 Å². The molecule has 2 atom stereocenters. The van der Waals surface area contributed by atoms with Crippen LogP contribution in [-0.2, 0) is 9.53 Å². The van der Waals surface area contributed by atoms with Crippen LogP contribution >= 0.6 is 0 Å². The normalized spacial score (nSPS) is 25.7. The zero-order chi connectivity index (χ0) is 14.9. The van der Waals surface area contributed by atoms with Crippen molar-refractivity contribution in [2.24, 2.45) is 0 Å². The van der Waals surface area contributed by atoms with Crippen LogP contribution < -0.4 is 0 Å². The maximum atomic E-state index is 12.5. The van der Waals surface area contributed by atoms with E-state index in [1.807, 2.05) is 11.0 Å². The number of nitrogens with zero attached hydrogens (tertiary/aromatic N) is 2. The van der Waals surface area contributed by atoms with E-state index in [2.05, 4.69) is 22.1 Å². The lowest BCUT2D eigenvalue weighted by Crippen LogP contribution is -2.44. The Morgan fingerprint density at radius 3 is 3.14 bits per heavy atom. The van der Waals surface area contributed by atoms with E-state index in [9.17, 15) is 4.79 Å². The summed E-state index contributed by atoms with van der Waals surface area (Å²) in [5.41, 5.74) is 2.12. The highest BCUT2D eigenvalue weighted by atomic mass is 16.5. The molecule has 2 aliphatic rings. The summed E-state index contributed by atoms with van der Waals surface area (Å²) in [4.78, 5) is 22.3. The Kier molecular flexibility index (Phi) is 3.58. The van der Waals surface area contributed by atoms with Crippen LogP contribution in [0.3, 0.4) is 0 Å².